The molecule has 0 radical (unpaired) electrons. The smallest absolute Gasteiger partial charge is 0.160 e. The summed E-state index contributed by atoms with van der Waals surface area (Å²) in [4.78, 5) is 10.3. The minimum atomic E-state index is 0.679. The molecule has 11 aromatic carbocycles. The van der Waals surface area contributed by atoms with Crippen LogP contribution in [0.1, 0.15) is 0 Å². The lowest BCUT2D eigenvalue weighted by atomic mass is 9.82. The van der Waals surface area contributed by atoms with Crippen molar-refractivity contribution in [3.05, 3.63) is 231 Å². The van der Waals surface area contributed by atoms with E-state index in [2.05, 4.69) is 194 Å². The monoisotopic (exact) mass is 826 g/mol. The van der Waals surface area contributed by atoms with Crippen LogP contribution in [0.5, 0.6) is 0 Å². The average molecular weight is 827 g/mol. The van der Waals surface area contributed by atoms with E-state index in [1.165, 1.54) is 70.9 Å². The fourth-order valence-electron chi connectivity index (χ4n) is 10.1. The van der Waals surface area contributed by atoms with Gasteiger partial charge in [-0.2, -0.15) is 0 Å². The van der Waals surface area contributed by atoms with E-state index < -0.39 is 0 Å². The van der Waals surface area contributed by atoms with Crippen LogP contribution in [-0.4, -0.2) is 9.97 Å². The minimum Gasteiger partial charge on any atom is -0.456 e. The van der Waals surface area contributed by atoms with E-state index in [1.807, 2.05) is 36.4 Å². The van der Waals surface area contributed by atoms with Crippen molar-refractivity contribution in [3.63, 3.8) is 0 Å². The van der Waals surface area contributed by atoms with Crippen LogP contribution in [0, 0.1) is 0 Å². The summed E-state index contributed by atoms with van der Waals surface area (Å²) in [5, 5.41) is 12.2. The summed E-state index contributed by atoms with van der Waals surface area (Å²) < 4.78 is 6.29. The number of fused-ring (bicyclic) bond motifs is 8. The lowest BCUT2D eigenvalue weighted by Crippen LogP contribution is -1.96. The Morgan fingerprint density at radius 3 is 1.55 bits per heavy atom. The van der Waals surface area contributed by atoms with Gasteiger partial charge in [-0.25, -0.2) is 9.97 Å². The molecule has 302 valence electrons. The summed E-state index contributed by atoms with van der Waals surface area (Å²) >= 11 is 0. The number of hydrogen-bond acceptors (Lipinski definition) is 3. The second-order valence-electron chi connectivity index (χ2n) is 16.8. The zero-order chi connectivity index (χ0) is 42.8. The van der Waals surface area contributed by atoms with Crippen molar-refractivity contribution in [3.8, 4) is 67.3 Å². The number of rotatable bonds is 6. The maximum Gasteiger partial charge on any atom is 0.160 e. The average Bonchev–Trinajstić information content (AvgIpc) is 3.76. The predicted octanol–water partition coefficient (Wildman–Crippen LogP) is 17.0. The van der Waals surface area contributed by atoms with Crippen molar-refractivity contribution < 1.29 is 4.42 Å². The Kier molecular flexibility index (Phi) is 8.53. The Morgan fingerprint density at radius 1 is 0.277 bits per heavy atom. The van der Waals surface area contributed by atoms with Crippen LogP contribution in [0.3, 0.4) is 0 Å². The molecule has 2 aromatic heterocycles. The first-order chi connectivity index (χ1) is 32.2. The first-order valence-corrected chi connectivity index (χ1v) is 22.1. The molecule has 65 heavy (non-hydrogen) atoms. The highest BCUT2D eigenvalue weighted by molar-refractivity contribution is 6.29. The predicted molar refractivity (Wildman–Crippen MR) is 272 cm³/mol. The number of aromatic nitrogens is 2. The Labute approximate surface area is 375 Å². The van der Waals surface area contributed by atoms with Crippen LogP contribution in [-0.2, 0) is 0 Å². The van der Waals surface area contributed by atoms with E-state index in [-0.39, 0.29) is 0 Å². The van der Waals surface area contributed by atoms with Gasteiger partial charge in [0.25, 0.3) is 0 Å². The number of hydrogen-bond donors (Lipinski definition) is 0. The van der Waals surface area contributed by atoms with Crippen LogP contribution < -0.4 is 0 Å². The molecule has 0 atom stereocenters. The standard InChI is InChI=1S/C62H38N2O/c1-3-16-42(17-4-1)59-51-24-11-12-25-52(51)60(54-34-31-39-15-7-8-20-46(39)61(54)59)53-36-35-45(47-21-9-10-22-48(47)53)40-27-29-41(30-28-40)55-38-56(64-62(63-55)43-18-5-2-6-19-43)44-32-33-50-49-23-13-14-26-57(49)65-58(50)37-44/h1-38H. The second-order valence-corrected chi connectivity index (χ2v) is 16.8. The Bertz CT molecular complexity index is 3980. The molecule has 0 unspecified atom stereocenters. The summed E-state index contributed by atoms with van der Waals surface area (Å²) in [6, 6.07) is 82.4. The molecule has 3 heteroatoms. The molecule has 0 amide bonds. The summed E-state index contributed by atoms with van der Waals surface area (Å²) in [7, 11) is 0. The van der Waals surface area contributed by atoms with Crippen LogP contribution >= 0.6 is 0 Å². The summed E-state index contributed by atoms with van der Waals surface area (Å²) in [5.74, 6) is 0.679. The number of para-hydroxylation sites is 1. The normalized spacial score (nSPS) is 11.7. The molecule has 0 N–H and O–H groups in total. The Balaban J connectivity index is 0.950. The van der Waals surface area contributed by atoms with Gasteiger partial charge in [0.05, 0.1) is 11.4 Å². The largest absolute Gasteiger partial charge is 0.456 e. The molecule has 0 fully saturated rings. The van der Waals surface area contributed by atoms with Gasteiger partial charge < -0.3 is 4.42 Å². The number of nitrogens with zero attached hydrogens (tertiary/aromatic N) is 2. The quantitative estimate of drug-likeness (QED) is 0.124. The van der Waals surface area contributed by atoms with Crippen molar-refractivity contribution in [2.45, 2.75) is 0 Å². The van der Waals surface area contributed by atoms with E-state index in [4.69, 9.17) is 14.4 Å². The van der Waals surface area contributed by atoms with Crippen LogP contribution in [0.4, 0.5) is 0 Å². The SMILES string of the molecule is c1ccc(-c2nc(-c3ccc(-c4ccc(-c5c6ccccc6c(-c6ccccc6)c6c5ccc5ccccc56)c5ccccc45)cc3)cc(-c3ccc4c(c3)oc3ccccc34)n2)cc1. The maximum atomic E-state index is 6.29. The molecule has 0 bridgehead atoms. The summed E-state index contributed by atoms with van der Waals surface area (Å²) in [6.45, 7) is 0. The van der Waals surface area contributed by atoms with Crippen LogP contribution in [0.25, 0.3) is 132 Å². The fourth-order valence-corrected chi connectivity index (χ4v) is 10.1. The van der Waals surface area contributed by atoms with Gasteiger partial charge in [-0.3, -0.25) is 0 Å². The van der Waals surface area contributed by atoms with E-state index in [0.717, 1.165) is 55.6 Å². The highest BCUT2D eigenvalue weighted by Gasteiger charge is 2.21. The van der Waals surface area contributed by atoms with Crippen molar-refractivity contribution in [2.24, 2.45) is 0 Å². The molecule has 0 spiro atoms. The van der Waals surface area contributed by atoms with Gasteiger partial charge >= 0.3 is 0 Å². The van der Waals surface area contributed by atoms with Crippen molar-refractivity contribution >= 4 is 65.0 Å². The topological polar surface area (TPSA) is 38.9 Å². The Hall–Kier alpha value is -8.66. The van der Waals surface area contributed by atoms with Gasteiger partial charge in [-0.1, -0.05) is 206 Å². The first-order valence-electron chi connectivity index (χ1n) is 22.1. The lowest BCUT2D eigenvalue weighted by molar-refractivity contribution is 0.669. The van der Waals surface area contributed by atoms with Gasteiger partial charge in [-0.05, 0) is 101 Å². The third-order valence-corrected chi connectivity index (χ3v) is 13.1. The molecule has 0 saturated heterocycles. The molecule has 0 aliphatic heterocycles. The van der Waals surface area contributed by atoms with Crippen LogP contribution in [0.15, 0.2) is 235 Å². The molecule has 0 aliphatic rings. The van der Waals surface area contributed by atoms with Gasteiger partial charge in [0, 0.05) is 27.5 Å². The third kappa shape index (κ3) is 6.12. The maximum absolute atomic E-state index is 6.29. The fraction of sp³-hybridized carbons (Fsp3) is 0. The zero-order valence-corrected chi connectivity index (χ0v) is 35.2. The third-order valence-electron chi connectivity index (χ3n) is 13.1. The molecule has 0 saturated carbocycles. The highest BCUT2D eigenvalue weighted by atomic mass is 16.3. The molecule has 13 aromatic rings. The van der Waals surface area contributed by atoms with Crippen molar-refractivity contribution in [2.75, 3.05) is 0 Å². The zero-order valence-electron chi connectivity index (χ0n) is 35.2. The molecular formula is C62H38N2O. The molecule has 0 aliphatic carbocycles. The van der Waals surface area contributed by atoms with Gasteiger partial charge in [0.15, 0.2) is 5.82 Å². The Morgan fingerprint density at radius 2 is 0.800 bits per heavy atom. The van der Waals surface area contributed by atoms with Crippen molar-refractivity contribution in [1.82, 2.24) is 9.97 Å². The summed E-state index contributed by atoms with van der Waals surface area (Å²) in [5.41, 5.74) is 13.7. The lowest BCUT2D eigenvalue weighted by Gasteiger charge is -2.21. The highest BCUT2D eigenvalue weighted by Crippen LogP contribution is 2.48. The van der Waals surface area contributed by atoms with E-state index in [9.17, 15) is 0 Å². The number of benzene rings is 11. The molecule has 13 rings (SSSR count). The second kappa shape index (κ2) is 15.0. The van der Waals surface area contributed by atoms with Crippen molar-refractivity contribution in [1.29, 1.82) is 0 Å². The van der Waals surface area contributed by atoms with E-state index in [1.54, 1.807) is 0 Å². The molecule has 3 nitrogen and oxygen atoms in total. The minimum absolute atomic E-state index is 0.679. The van der Waals surface area contributed by atoms with Gasteiger partial charge in [-0.15, -0.1) is 0 Å². The van der Waals surface area contributed by atoms with Crippen LogP contribution in [0.2, 0.25) is 0 Å². The van der Waals surface area contributed by atoms with Gasteiger partial charge in [0.2, 0.25) is 0 Å². The number of furan rings is 1. The van der Waals surface area contributed by atoms with Gasteiger partial charge in [0.1, 0.15) is 11.2 Å². The summed E-state index contributed by atoms with van der Waals surface area (Å²) in [6.07, 6.45) is 0. The first kappa shape index (κ1) is 36.9. The van der Waals surface area contributed by atoms with E-state index in [0.29, 0.717) is 5.82 Å². The molecular weight excluding hydrogens is 789 g/mol. The molecule has 2 heterocycles. The van der Waals surface area contributed by atoms with E-state index >= 15 is 0 Å².